The first-order chi connectivity index (χ1) is 9.27. The van der Waals surface area contributed by atoms with Crippen molar-refractivity contribution in [3.05, 3.63) is 71.9 Å². The van der Waals surface area contributed by atoms with Crippen LogP contribution in [0.15, 0.2) is 59.3 Å². The molecule has 0 saturated heterocycles. The highest BCUT2D eigenvalue weighted by molar-refractivity contribution is 5.35. The Hall–Kier alpha value is -2.33. The second-order valence-corrected chi connectivity index (χ2v) is 4.34. The van der Waals surface area contributed by atoms with Gasteiger partial charge >= 0.3 is 0 Å². The average Bonchev–Trinajstić information content (AvgIpc) is 3.07. The van der Waals surface area contributed by atoms with Gasteiger partial charge < -0.3 is 9.52 Å². The van der Waals surface area contributed by atoms with E-state index in [0.29, 0.717) is 5.76 Å². The lowest BCUT2D eigenvalue weighted by Crippen LogP contribution is -2.08. The van der Waals surface area contributed by atoms with E-state index >= 15 is 0 Å². The third kappa shape index (κ3) is 2.06. The molecule has 0 spiro atoms. The molecule has 1 atom stereocenters. The van der Waals surface area contributed by atoms with Gasteiger partial charge in [0, 0.05) is 11.8 Å². The minimum atomic E-state index is -0.749. The first kappa shape index (κ1) is 11.7. The zero-order valence-electron chi connectivity index (χ0n) is 10.5. The van der Waals surface area contributed by atoms with Crippen molar-refractivity contribution in [2.24, 2.45) is 0 Å². The Morgan fingerprint density at radius 3 is 2.63 bits per heavy atom. The normalized spacial score (nSPS) is 12.5. The van der Waals surface area contributed by atoms with Crippen LogP contribution in [0.2, 0.25) is 0 Å². The molecule has 3 aromatic rings. The second-order valence-electron chi connectivity index (χ2n) is 4.34. The van der Waals surface area contributed by atoms with Crippen molar-refractivity contribution in [3.63, 3.8) is 0 Å². The minimum Gasteiger partial charge on any atom is -0.469 e. The molecule has 2 heterocycles. The Morgan fingerprint density at radius 2 is 1.95 bits per heavy atom. The lowest BCUT2D eigenvalue weighted by molar-refractivity contribution is 0.209. The van der Waals surface area contributed by atoms with E-state index in [0.717, 1.165) is 16.9 Å². The molecule has 1 N–H and O–H groups in total. The number of aryl methyl sites for hydroxylation is 1. The van der Waals surface area contributed by atoms with Crippen molar-refractivity contribution >= 4 is 0 Å². The third-order valence-corrected chi connectivity index (χ3v) is 3.15. The highest BCUT2D eigenvalue weighted by atomic mass is 16.3. The van der Waals surface area contributed by atoms with Crippen LogP contribution in [0.25, 0.3) is 5.69 Å². The highest BCUT2D eigenvalue weighted by Crippen LogP contribution is 2.26. The number of hydrogen-bond acceptors (Lipinski definition) is 3. The summed E-state index contributed by atoms with van der Waals surface area (Å²) in [6, 6.07) is 13.3. The monoisotopic (exact) mass is 254 g/mol. The zero-order chi connectivity index (χ0) is 13.2. The molecule has 0 fully saturated rings. The number of para-hydroxylation sites is 1. The van der Waals surface area contributed by atoms with E-state index in [1.807, 2.05) is 43.3 Å². The summed E-state index contributed by atoms with van der Waals surface area (Å²) >= 11 is 0. The Labute approximate surface area is 110 Å². The molecule has 1 aromatic carbocycles. The molecule has 2 aromatic heterocycles. The van der Waals surface area contributed by atoms with Gasteiger partial charge in [0.15, 0.2) is 0 Å². The van der Waals surface area contributed by atoms with Crippen molar-refractivity contribution in [1.82, 2.24) is 9.78 Å². The number of hydrogen-bond donors (Lipinski definition) is 1. The van der Waals surface area contributed by atoms with Crippen molar-refractivity contribution in [2.75, 3.05) is 0 Å². The molecule has 3 rings (SSSR count). The summed E-state index contributed by atoms with van der Waals surface area (Å²) in [6.07, 6.45) is 2.51. The number of rotatable bonds is 3. The van der Waals surface area contributed by atoms with Gasteiger partial charge in [-0.05, 0) is 31.2 Å². The maximum absolute atomic E-state index is 10.5. The fraction of sp³-hybridized carbons (Fsp3) is 0.133. The first-order valence-corrected chi connectivity index (χ1v) is 6.09. The molecule has 1 unspecified atom stereocenters. The molecule has 0 radical (unpaired) electrons. The summed E-state index contributed by atoms with van der Waals surface area (Å²) in [5.74, 6) is 0.716. The topological polar surface area (TPSA) is 51.2 Å². The van der Waals surface area contributed by atoms with E-state index in [1.165, 1.54) is 0 Å². The predicted octanol–water partition coefficient (Wildman–Crippen LogP) is 2.86. The fourth-order valence-electron chi connectivity index (χ4n) is 2.14. The van der Waals surface area contributed by atoms with Gasteiger partial charge in [-0.3, -0.25) is 0 Å². The van der Waals surface area contributed by atoms with Crippen LogP contribution in [0.3, 0.4) is 0 Å². The van der Waals surface area contributed by atoms with Gasteiger partial charge in [-0.1, -0.05) is 18.2 Å². The SMILES string of the molecule is Cc1occc1C(O)c1ccnn1-c1ccccc1. The Bertz CT molecular complexity index is 670. The molecule has 0 aliphatic rings. The van der Waals surface area contributed by atoms with Crippen molar-refractivity contribution in [3.8, 4) is 5.69 Å². The molecule has 19 heavy (non-hydrogen) atoms. The number of nitrogens with zero attached hydrogens (tertiary/aromatic N) is 2. The second kappa shape index (κ2) is 4.74. The molecular weight excluding hydrogens is 240 g/mol. The fourth-order valence-corrected chi connectivity index (χ4v) is 2.14. The summed E-state index contributed by atoms with van der Waals surface area (Å²) in [5, 5.41) is 14.7. The standard InChI is InChI=1S/C15H14N2O2/c1-11-13(8-10-19-11)15(18)14-7-9-16-17(14)12-5-3-2-4-6-12/h2-10,15,18H,1H3. The molecule has 0 aliphatic heterocycles. The number of benzene rings is 1. The molecule has 96 valence electrons. The van der Waals surface area contributed by atoms with E-state index in [9.17, 15) is 5.11 Å². The van der Waals surface area contributed by atoms with Crippen LogP contribution >= 0.6 is 0 Å². The van der Waals surface area contributed by atoms with Crippen LogP contribution in [-0.2, 0) is 0 Å². The van der Waals surface area contributed by atoms with Gasteiger partial charge in [0.2, 0.25) is 0 Å². The predicted molar refractivity (Wildman–Crippen MR) is 71.1 cm³/mol. The van der Waals surface area contributed by atoms with Gasteiger partial charge in [0.1, 0.15) is 11.9 Å². The molecule has 0 bridgehead atoms. The number of furan rings is 1. The smallest absolute Gasteiger partial charge is 0.124 e. The van der Waals surface area contributed by atoms with E-state index in [2.05, 4.69) is 5.10 Å². The van der Waals surface area contributed by atoms with E-state index in [1.54, 1.807) is 23.2 Å². The molecule has 4 heteroatoms. The summed E-state index contributed by atoms with van der Waals surface area (Å²) in [4.78, 5) is 0. The molecule has 0 saturated carbocycles. The Balaban J connectivity index is 2.04. The summed E-state index contributed by atoms with van der Waals surface area (Å²) in [6.45, 7) is 1.84. The third-order valence-electron chi connectivity index (χ3n) is 3.15. The average molecular weight is 254 g/mol. The van der Waals surface area contributed by atoms with Crippen molar-refractivity contribution in [2.45, 2.75) is 13.0 Å². The summed E-state index contributed by atoms with van der Waals surface area (Å²) in [5.41, 5.74) is 2.40. The molecule has 4 nitrogen and oxygen atoms in total. The largest absolute Gasteiger partial charge is 0.469 e. The van der Waals surface area contributed by atoms with Crippen LogP contribution in [0.4, 0.5) is 0 Å². The Morgan fingerprint density at radius 1 is 1.16 bits per heavy atom. The molecule has 0 amide bonds. The van der Waals surface area contributed by atoms with E-state index in [4.69, 9.17) is 4.42 Å². The number of aliphatic hydroxyl groups excluding tert-OH is 1. The zero-order valence-corrected chi connectivity index (χ0v) is 10.5. The lowest BCUT2D eigenvalue weighted by atomic mass is 10.1. The van der Waals surface area contributed by atoms with Gasteiger partial charge in [-0.2, -0.15) is 5.10 Å². The number of aromatic nitrogens is 2. The van der Waals surface area contributed by atoms with E-state index < -0.39 is 6.10 Å². The minimum absolute atomic E-state index is 0.716. The van der Waals surface area contributed by atoms with E-state index in [-0.39, 0.29) is 0 Å². The van der Waals surface area contributed by atoms with Crippen molar-refractivity contribution < 1.29 is 9.52 Å². The summed E-state index contributed by atoms with van der Waals surface area (Å²) in [7, 11) is 0. The number of aliphatic hydroxyl groups is 1. The van der Waals surface area contributed by atoms with Crippen LogP contribution in [-0.4, -0.2) is 14.9 Å². The van der Waals surface area contributed by atoms with Gasteiger partial charge in [-0.25, -0.2) is 4.68 Å². The molecule has 0 aliphatic carbocycles. The van der Waals surface area contributed by atoms with Crippen LogP contribution in [0.1, 0.15) is 23.1 Å². The highest BCUT2D eigenvalue weighted by Gasteiger charge is 2.19. The van der Waals surface area contributed by atoms with Gasteiger partial charge in [0.25, 0.3) is 0 Å². The maximum atomic E-state index is 10.5. The summed E-state index contributed by atoms with van der Waals surface area (Å²) < 4.78 is 6.97. The Kier molecular flexibility index (Phi) is 2.93. The van der Waals surface area contributed by atoms with Crippen LogP contribution < -0.4 is 0 Å². The quantitative estimate of drug-likeness (QED) is 0.782. The lowest BCUT2D eigenvalue weighted by Gasteiger charge is -2.12. The van der Waals surface area contributed by atoms with Gasteiger partial charge in [-0.15, -0.1) is 0 Å². The van der Waals surface area contributed by atoms with Crippen LogP contribution in [0, 0.1) is 6.92 Å². The first-order valence-electron chi connectivity index (χ1n) is 6.09. The van der Waals surface area contributed by atoms with Crippen molar-refractivity contribution in [1.29, 1.82) is 0 Å². The van der Waals surface area contributed by atoms with Crippen LogP contribution in [0.5, 0.6) is 0 Å². The van der Waals surface area contributed by atoms with Gasteiger partial charge in [0.05, 0.1) is 17.6 Å². The maximum Gasteiger partial charge on any atom is 0.124 e. The molecular formula is C15H14N2O2.